The van der Waals surface area contributed by atoms with E-state index in [2.05, 4.69) is 0 Å². The fourth-order valence-electron chi connectivity index (χ4n) is 1.05. The standard InChI is InChI=1S/C11H8F2N2O4/c12-6-1-2-7(13)8(5-6)14-11(19)15-9(16)3-4-10(17)18/h1-5H,(H,17,18)(H2,14,15,16,19)/b4-3+. The van der Waals surface area contributed by atoms with Crippen molar-refractivity contribution in [3.05, 3.63) is 42.0 Å². The maximum absolute atomic E-state index is 13.1. The largest absolute Gasteiger partial charge is 0.478 e. The van der Waals surface area contributed by atoms with Crippen molar-refractivity contribution in [3.8, 4) is 0 Å². The number of carbonyl (C=O) groups is 3. The van der Waals surface area contributed by atoms with Crippen LogP contribution in [0, 0.1) is 11.6 Å². The van der Waals surface area contributed by atoms with E-state index in [4.69, 9.17) is 5.11 Å². The maximum Gasteiger partial charge on any atom is 0.328 e. The second-order valence-electron chi connectivity index (χ2n) is 3.24. The molecule has 0 heterocycles. The molecule has 3 N–H and O–H groups in total. The van der Waals surface area contributed by atoms with Gasteiger partial charge < -0.3 is 10.4 Å². The van der Waals surface area contributed by atoms with Crippen molar-refractivity contribution >= 4 is 23.6 Å². The summed E-state index contributed by atoms with van der Waals surface area (Å²) < 4.78 is 25.9. The summed E-state index contributed by atoms with van der Waals surface area (Å²) in [4.78, 5) is 32.3. The lowest BCUT2D eigenvalue weighted by molar-refractivity contribution is -0.131. The van der Waals surface area contributed by atoms with Crippen LogP contribution < -0.4 is 10.6 Å². The van der Waals surface area contributed by atoms with E-state index in [1.165, 1.54) is 0 Å². The molecule has 8 heteroatoms. The van der Waals surface area contributed by atoms with Crippen LogP contribution in [0.2, 0.25) is 0 Å². The molecule has 19 heavy (non-hydrogen) atoms. The molecule has 100 valence electrons. The number of carboxylic acid groups (broad SMARTS) is 1. The molecule has 0 aromatic heterocycles. The first kappa shape index (κ1) is 14.3. The maximum atomic E-state index is 13.1. The Bertz CT molecular complexity index is 558. The zero-order valence-electron chi connectivity index (χ0n) is 9.31. The average Bonchev–Trinajstić information content (AvgIpc) is 2.31. The van der Waals surface area contributed by atoms with E-state index >= 15 is 0 Å². The van der Waals surface area contributed by atoms with Crippen molar-refractivity contribution in [1.29, 1.82) is 0 Å². The number of rotatable bonds is 3. The van der Waals surface area contributed by atoms with Gasteiger partial charge >= 0.3 is 12.0 Å². The Morgan fingerprint density at radius 1 is 1.16 bits per heavy atom. The highest BCUT2D eigenvalue weighted by Crippen LogP contribution is 2.14. The van der Waals surface area contributed by atoms with Gasteiger partial charge in [0.25, 0.3) is 5.91 Å². The Balaban J connectivity index is 2.63. The zero-order chi connectivity index (χ0) is 14.4. The normalized spacial score (nSPS) is 10.2. The lowest BCUT2D eigenvalue weighted by Crippen LogP contribution is -2.33. The zero-order valence-corrected chi connectivity index (χ0v) is 9.31. The van der Waals surface area contributed by atoms with E-state index < -0.39 is 35.2 Å². The lowest BCUT2D eigenvalue weighted by Gasteiger charge is -2.06. The third-order valence-electron chi connectivity index (χ3n) is 1.79. The van der Waals surface area contributed by atoms with Crippen molar-refractivity contribution in [2.75, 3.05) is 5.32 Å². The van der Waals surface area contributed by atoms with E-state index in [1.807, 2.05) is 5.32 Å². The van der Waals surface area contributed by atoms with Crippen LogP contribution in [0.1, 0.15) is 0 Å². The highest BCUT2D eigenvalue weighted by atomic mass is 19.1. The van der Waals surface area contributed by atoms with Crippen LogP contribution in [0.25, 0.3) is 0 Å². The quantitative estimate of drug-likeness (QED) is 0.720. The number of hydrogen-bond donors (Lipinski definition) is 3. The fraction of sp³-hybridized carbons (Fsp3) is 0. The predicted octanol–water partition coefficient (Wildman–Crippen LogP) is 1.25. The summed E-state index contributed by atoms with van der Waals surface area (Å²) in [5, 5.41) is 11.8. The van der Waals surface area contributed by atoms with E-state index in [0.29, 0.717) is 12.2 Å². The molecule has 0 aliphatic heterocycles. The molecule has 0 atom stereocenters. The molecule has 1 aromatic carbocycles. The van der Waals surface area contributed by atoms with E-state index in [9.17, 15) is 23.2 Å². The van der Waals surface area contributed by atoms with Crippen LogP contribution >= 0.6 is 0 Å². The molecule has 0 aliphatic rings. The Labute approximate surface area is 105 Å². The van der Waals surface area contributed by atoms with Crippen molar-refractivity contribution < 1.29 is 28.3 Å². The van der Waals surface area contributed by atoms with Gasteiger partial charge in [-0.15, -0.1) is 0 Å². The number of imide groups is 1. The first-order valence-electron chi connectivity index (χ1n) is 4.86. The molecular weight excluding hydrogens is 262 g/mol. The van der Waals surface area contributed by atoms with Gasteiger partial charge in [-0.05, 0) is 12.1 Å². The van der Waals surface area contributed by atoms with Crippen molar-refractivity contribution in [1.82, 2.24) is 5.32 Å². The SMILES string of the molecule is O=C(O)/C=C/C(=O)NC(=O)Nc1cc(F)ccc1F. The molecular formula is C11H8F2N2O4. The summed E-state index contributed by atoms with van der Waals surface area (Å²) in [6.45, 7) is 0. The monoisotopic (exact) mass is 270 g/mol. The number of carbonyl (C=O) groups excluding carboxylic acids is 2. The lowest BCUT2D eigenvalue weighted by atomic mass is 10.3. The minimum Gasteiger partial charge on any atom is -0.478 e. The molecule has 6 nitrogen and oxygen atoms in total. The van der Waals surface area contributed by atoms with Crippen LogP contribution in [0.4, 0.5) is 19.3 Å². The summed E-state index contributed by atoms with van der Waals surface area (Å²) in [6.07, 6.45) is 1.12. The third-order valence-corrected chi connectivity index (χ3v) is 1.79. The number of halogens is 2. The number of urea groups is 1. The van der Waals surface area contributed by atoms with E-state index in [0.717, 1.165) is 18.2 Å². The van der Waals surface area contributed by atoms with Gasteiger partial charge in [-0.2, -0.15) is 0 Å². The van der Waals surface area contributed by atoms with Gasteiger partial charge in [-0.25, -0.2) is 18.4 Å². The van der Waals surface area contributed by atoms with Crippen LogP contribution in [-0.4, -0.2) is 23.0 Å². The van der Waals surface area contributed by atoms with Gasteiger partial charge in [-0.1, -0.05) is 0 Å². The first-order chi connectivity index (χ1) is 8.88. The summed E-state index contributed by atoms with van der Waals surface area (Å²) in [5.41, 5.74) is -0.451. The summed E-state index contributed by atoms with van der Waals surface area (Å²) in [5.74, 6) is -4.04. The smallest absolute Gasteiger partial charge is 0.328 e. The molecule has 1 aromatic rings. The summed E-state index contributed by atoms with van der Waals surface area (Å²) >= 11 is 0. The van der Waals surface area contributed by atoms with Crippen LogP contribution in [-0.2, 0) is 9.59 Å². The fourth-order valence-corrected chi connectivity index (χ4v) is 1.05. The number of amides is 3. The van der Waals surface area contributed by atoms with Gasteiger partial charge in [0.1, 0.15) is 11.6 Å². The Morgan fingerprint density at radius 3 is 2.47 bits per heavy atom. The number of aliphatic carboxylic acids is 1. The number of benzene rings is 1. The molecule has 0 radical (unpaired) electrons. The number of hydrogen-bond acceptors (Lipinski definition) is 3. The number of nitrogens with one attached hydrogen (secondary N) is 2. The van der Waals surface area contributed by atoms with Crippen molar-refractivity contribution in [2.24, 2.45) is 0 Å². The molecule has 1 rings (SSSR count). The number of carboxylic acids is 1. The predicted molar refractivity (Wildman–Crippen MR) is 60.3 cm³/mol. The number of anilines is 1. The Morgan fingerprint density at radius 2 is 1.84 bits per heavy atom. The molecule has 0 bridgehead atoms. The minimum absolute atomic E-state index is 0.451. The van der Waals surface area contributed by atoms with Gasteiger partial charge in [0.05, 0.1) is 5.69 Å². The molecule has 0 saturated heterocycles. The molecule has 3 amide bonds. The molecule has 0 unspecified atom stereocenters. The highest BCUT2D eigenvalue weighted by molar-refractivity contribution is 6.06. The molecule has 0 saturated carbocycles. The summed E-state index contributed by atoms with van der Waals surface area (Å²) in [6, 6.07) is 1.27. The third kappa shape index (κ3) is 4.94. The second kappa shape index (κ2) is 6.24. The van der Waals surface area contributed by atoms with Crippen LogP contribution in [0.3, 0.4) is 0 Å². The van der Waals surface area contributed by atoms with E-state index in [-0.39, 0.29) is 0 Å². The highest BCUT2D eigenvalue weighted by Gasteiger charge is 2.09. The molecule has 0 aliphatic carbocycles. The first-order valence-corrected chi connectivity index (χ1v) is 4.86. The topological polar surface area (TPSA) is 95.5 Å². The van der Waals surface area contributed by atoms with Gasteiger partial charge in [0.2, 0.25) is 0 Å². The molecule has 0 fully saturated rings. The second-order valence-corrected chi connectivity index (χ2v) is 3.24. The van der Waals surface area contributed by atoms with Crippen LogP contribution in [0.15, 0.2) is 30.4 Å². The van der Waals surface area contributed by atoms with Crippen molar-refractivity contribution in [3.63, 3.8) is 0 Å². The summed E-state index contributed by atoms with van der Waals surface area (Å²) in [7, 11) is 0. The van der Waals surface area contributed by atoms with Crippen molar-refractivity contribution in [2.45, 2.75) is 0 Å². The Kier molecular flexibility index (Phi) is 4.69. The van der Waals surface area contributed by atoms with Gasteiger partial charge in [0, 0.05) is 18.2 Å². The van der Waals surface area contributed by atoms with Gasteiger partial charge in [-0.3, -0.25) is 10.1 Å². The van der Waals surface area contributed by atoms with E-state index in [1.54, 1.807) is 5.32 Å². The minimum atomic E-state index is -1.37. The van der Waals surface area contributed by atoms with Gasteiger partial charge in [0.15, 0.2) is 0 Å². The Hall–Kier alpha value is -2.77. The molecule has 0 spiro atoms. The average molecular weight is 270 g/mol. The van der Waals surface area contributed by atoms with Crippen LogP contribution in [0.5, 0.6) is 0 Å².